The van der Waals surface area contributed by atoms with Gasteiger partial charge in [0, 0.05) is 57.3 Å². The van der Waals surface area contributed by atoms with Gasteiger partial charge in [-0.2, -0.15) is 0 Å². The van der Waals surface area contributed by atoms with Crippen LogP contribution < -0.4 is 10.6 Å². The molecule has 9 heteroatoms. The van der Waals surface area contributed by atoms with E-state index in [1.54, 1.807) is 0 Å². The van der Waals surface area contributed by atoms with E-state index >= 15 is 0 Å². The predicted molar refractivity (Wildman–Crippen MR) is 178 cm³/mol. The molecule has 0 spiro atoms. The average Bonchev–Trinajstić information content (AvgIpc) is 3.09. The van der Waals surface area contributed by atoms with Gasteiger partial charge in [-0.05, 0) is 54.5 Å². The van der Waals surface area contributed by atoms with Crippen molar-refractivity contribution in [3.8, 4) is 0 Å². The van der Waals surface area contributed by atoms with Crippen molar-refractivity contribution in [3.05, 3.63) is 70.2 Å². The highest BCUT2D eigenvalue weighted by atomic mass is 35.5. The van der Waals surface area contributed by atoms with Gasteiger partial charge in [-0.3, -0.25) is 19.4 Å². The van der Waals surface area contributed by atoms with Gasteiger partial charge in [0.15, 0.2) is 0 Å². The zero-order valence-corrected chi connectivity index (χ0v) is 27.6. The Hall–Kier alpha value is -2.49. The highest BCUT2D eigenvalue weighted by molar-refractivity contribution is 6.30. The van der Waals surface area contributed by atoms with E-state index in [9.17, 15) is 9.59 Å². The van der Waals surface area contributed by atoms with Crippen LogP contribution in [0, 0.1) is 5.92 Å². The number of ether oxygens (including phenoxy) is 1. The number of carbonyl (C=O) groups is 2. The van der Waals surface area contributed by atoms with Crippen molar-refractivity contribution in [2.45, 2.75) is 82.6 Å². The fourth-order valence-corrected chi connectivity index (χ4v) is 8.16. The van der Waals surface area contributed by atoms with Crippen LogP contribution in [0.4, 0.5) is 0 Å². The highest BCUT2D eigenvalue weighted by Gasteiger charge is 2.42. The Labute approximate surface area is 273 Å². The highest BCUT2D eigenvalue weighted by Crippen LogP contribution is 2.36. The first-order chi connectivity index (χ1) is 21.9. The Morgan fingerprint density at radius 1 is 0.933 bits per heavy atom. The largest absolute Gasteiger partial charge is 0.379 e. The van der Waals surface area contributed by atoms with Crippen molar-refractivity contribution < 1.29 is 14.3 Å². The lowest BCUT2D eigenvalue weighted by molar-refractivity contribution is -0.144. The normalized spacial score (nSPS) is 24.0. The van der Waals surface area contributed by atoms with Crippen molar-refractivity contribution >= 4 is 23.4 Å². The molecular formula is C36H50ClN5O3. The number of benzene rings is 2. The second kappa shape index (κ2) is 14.9. The molecule has 244 valence electrons. The lowest BCUT2D eigenvalue weighted by Crippen LogP contribution is -2.67. The number of rotatable bonds is 9. The van der Waals surface area contributed by atoms with Crippen LogP contribution in [-0.4, -0.2) is 96.7 Å². The Morgan fingerprint density at radius 3 is 2.31 bits per heavy atom. The summed E-state index contributed by atoms with van der Waals surface area (Å²) in [5.41, 5.74) is 3.34. The van der Waals surface area contributed by atoms with E-state index in [0.29, 0.717) is 37.5 Å². The molecule has 3 atom stereocenters. The van der Waals surface area contributed by atoms with Gasteiger partial charge in [0.1, 0.15) is 6.04 Å². The molecule has 2 aromatic carbocycles. The molecule has 3 heterocycles. The molecular weight excluding hydrogens is 586 g/mol. The minimum absolute atomic E-state index is 0.00508. The minimum atomic E-state index is -0.642. The van der Waals surface area contributed by atoms with Crippen molar-refractivity contribution in [1.82, 2.24) is 25.3 Å². The first-order valence-corrected chi connectivity index (χ1v) is 17.5. The predicted octanol–water partition coefficient (Wildman–Crippen LogP) is 4.24. The molecule has 0 aromatic heterocycles. The second-order valence-corrected chi connectivity index (χ2v) is 14.1. The first-order valence-electron chi connectivity index (χ1n) is 17.1. The maximum atomic E-state index is 14.2. The zero-order chi connectivity index (χ0) is 31.2. The van der Waals surface area contributed by atoms with Crippen LogP contribution in [0.5, 0.6) is 0 Å². The molecule has 0 radical (unpaired) electrons. The number of hydrogen-bond acceptors (Lipinski definition) is 6. The smallest absolute Gasteiger partial charge is 0.245 e. The molecule has 2 aromatic rings. The Morgan fingerprint density at radius 2 is 1.60 bits per heavy atom. The summed E-state index contributed by atoms with van der Waals surface area (Å²) < 4.78 is 5.74. The maximum absolute atomic E-state index is 14.2. The molecule has 8 nitrogen and oxygen atoms in total. The maximum Gasteiger partial charge on any atom is 0.245 e. The zero-order valence-electron chi connectivity index (χ0n) is 26.8. The fraction of sp³-hybridized carbons (Fsp3) is 0.611. The van der Waals surface area contributed by atoms with Crippen molar-refractivity contribution in [3.63, 3.8) is 0 Å². The van der Waals surface area contributed by atoms with Crippen molar-refractivity contribution in [2.75, 3.05) is 52.5 Å². The van der Waals surface area contributed by atoms with E-state index in [4.69, 9.17) is 16.3 Å². The number of hydrogen-bond donors (Lipinski definition) is 2. The van der Waals surface area contributed by atoms with E-state index in [2.05, 4.69) is 39.5 Å². The van der Waals surface area contributed by atoms with Crippen LogP contribution in [0.3, 0.4) is 0 Å². The Balaban J connectivity index is 1.13. The topological polar surface area (TPSA) is 77.2 Å². The lowest BCUT2D eigenvalue weighted by Gasteiger charge is -2.54. The molecule has 1 aliphatic carbocycles. The summed E-state index contributed by atoms with van der Waals surface area (Å²) in [7, 11) is 0. The molecule has 45 heavy (non-hydrogen) atoms. The summed E-state index contributed by atoms with van der Waals surface area (Å²) in [6, 6.07) is 14.8. The van der Waals surface area contributed by atoms with Gasteiger partial charge in [-0.25, -0.2) is 0 Å². The van der Waals surface area contributed by atoms with Gasteiger partial charge >= 0.3 is 0 Å². The van der Waals surface area contributed by atoms with Crippen LogP contribution in [0.15, 0.2) is 48.5 Å². The van der Waals surface area contributed by atoms with Crippen LogP contribution in [0.25, 0.3) is 0 Å². The first kappa shape index (κ1) is 32.5. The van der Waals surface area contributed by atoms with Crippen LogP contribution in [0.1, 0.15) is 62.1 Å². The second-order valence-electron chi connectivity index (χ2n) is 13.6. The number of nitrogens with zero attached hydrogens (tertiary/aromatic N) is 3. The van der Waals surface area contributed by atoms with Crippen LogP contribution >= 0.6 is 11.6 Å². The van der Waals surface area contributed by atoms with E-state index in [-0.39, 0.29) is 23.5 Å². The number of amides is 2. The monoisotopic (exact) mass is 635 g/mol. The van der Waals surface area contributed by atoms with E-state index in [0.717, 1.165) is 50.9 Å². The molecule has 2 amide bonds. The number of halogens is 1. The van der Waals surface area contributed by atoms with Gasteiger partial charge in [0.25, 0.3) is 0 Å². The summed E-state index contributed by atoms with van der Waals surface area (Å²) >= 11 is 6.16. The van der Waals surface area contributed by atoms with Gasteiger partial charge in [-0.1, -0.05) is 80.1 Å². The van der Waals surface area contributed by atoms with E-state index < -0.39 is 6.04 Å². The number of morpholine rings is 1. The Bertz CT molecular complexity index is 1290. The molecule has 3 unspecified atom stereocenters. The SMILES string of the molecule is CC(CC1CCCCC1)(N1CCOCC1)N1CCN(C(=O)C(Cc2ccc(Cl)cc2)NC(=O)C2Cc3ccccc3CN2)CC1. The van der Waals surface area contributed by atoms with Gasteiger partial charge < -0.3 is 20.3 Å². The van der Waals surface area contributed by atoms with E-state index in [1.807, 2.05) is 41.3 Å². The van der Waals surface area contributed by atoms with Gasteiger partial charge in [0.05, 0.1) is 24.9 Å². The molecule has 1 saturated carbocycles. The van der Waals surface area contributed by atoms with E-state index in [1.165, 1.54) is 49.7 Å². The fourth-order valence-electron chi connectivity index (χ4n) is 8.04. The third-order valence-corrected chi connectivity index (χ3v) is 11.0. The summed E-state index contributed by atoms with van der Waals surface area (Å²) in [6.45, 7) is 9.53. The number of nitrogens with one attached hydrogen (secondary N) is 2. The summed E-state index contributed by atoms with van der Waals surface area (Å²) in [5, 5.41) is 7.20. The quantitative estimate of drug-likeness (QED) is 0.429. The molecule has 2 N–H and O–H groups in total. The third-order valence-electron chi connectivity index (χ3n) is 10.7. The average molecular weight is 636 g/mol. The molecule has 0 bridgehead atoms. The number of piperazine rings is 1. The summed E-state index contributed by atoms with van der Waals surface area (Å²) in [5.74, 6) is 0.628. The van der Waals surface area contributed by atoms with Crippen molar-refractivity contribution in [2.24, 2.45) is 5.92 Å². The molecule has 2 saturated heterocycles. The van der Waals surface area contributed by atoms with Crippen LogP contribution in [-0.2, 0) is 33.7 Å². The van der Waals surface area contributed by atoms with Crippen LogP contribution in [0.2, 0.25) is 5.02 Å². The molecule has 3 fully saturated rings. The third kappa shape index (κ3) is 7.91. The summed E-state index contributed by atoms with van der Waals surface area (Å²) in [4.78, 5) is 35.0. The number of carbonyl (C=O) groups excluding carboxylic acids is 2. The van der Waals surface area contributed by atoms with Crippen molar-refractivity contribution in [1.29, 1.82) is 0 Å². The number of fused-ring (bicyclic) bond motifs is 1. The molecule has 3 aliphatic heterocycles. The molecule has 4 aliphatic rings. The summed E-state index contributed by atoms with van der Waals surface area (Å²) in [6.07, 6.45) is 8.92. The minimum Gasteiger partial charge on any atom is -0.379 e. The standard InChI is InChI=1S/C36H50ClN5O3/c1-36(42-19-21-45-22-20-42,25-28-7-3-2-4-8-28)41-17-15-40(16-18-41)35(44)33(23-27-11-13-31(37)14-12-27)39-34(43)32-24-29-9-5-6-10-30(29)26-38-32/h5-6,9-14,28,32-33,38H,2-4,7-8,15-26H2,1H3,(H,39,43). The van der Waals surface area contributed by atoms with Gasteiger partial charge in [-0.15, -0.1) is 0 Å². The Kier molecular flexibility index (Phi) is 10.8. The lowest BCUT2D eigenvalue weighted by atomic mass is 9.81. The molecule has 6 rings (SSSR count). The van der Waals surface area contributed by atoms with Gasteiger partial charge in [0.2, 0.25) is 11.8 Å².